The summed E-state index contributed by atoms with van der Waals surface area (Å²) in [6.45, 7) is 0. The van der Waals surface area contributed by atoms with Crippen molar-refractivity contribution in [2.75, 3.05) is 0 Å². The molecule has 0 N–H and O–H groups in total. The Labute approximate surface area is 271 Å². The second kappa shape index (κ2) is 12.2. The van der Waals surface area contributed by atoms with Gasteiger partial charge < -0.3 is 0 Å². The summed E-state index contributed by atoms with van der Waals surface area (Å²) >= 11 is 0. The third-order valence-electron chi connectivity index (χ3n) is 8.87. The molecule has 6 aromatic rings. The van der Waals surface area contributed by atoms with E-state index >= 15 is 0 Å². The van der Waals surface area contributed by atoms with Crippen molar-refractivity contribution >= 4 is 0 Å². The van der Waals surface area contributed by atoms with E-state index in [4.69, 9.17) is 0 Å². The Morgan fingerprint density at radius 1 is 0.130 bits per heavy atom. The minimum absolute atomic E-state index is 1.18. The standard InChI is InChI=1S/C46H32/c1-6-17-35(18-7-1)41-42(36-19-8-2-9-20-36)44(38-23-12-4-13-24-38)46(40-31-29-33-27-16-28-34(33)30-32-40)45(39-25-14-5-15-26-39)43(41)37-21-10-3-11-22-37/h1-32H. The summed E-state index contributed by atoms with van der Waals surface area (Å²) in [5.74, 6) is 0. The molecule has 0 fully saturated rings. The van der Waals surface area contributed by atoms with Crippen LogP contribution in [-0.4, -0.2) is 0 Å². The summed E-state index contributed by atoms with van der Waals surface area (Å²) in [6, 6.07) is 70.3. The van der Waals surface area contributed by atoms with Gasteiger partial charge in [-0.3, -0.25) is 0 Å². The van der Waals surface area contributed by atoms with E-state index in [1.807, 2.05) is 0 Å². The van der Waals surface area contributed by atoms with E-state index in [1.54, 1.807) is 0 Å². The van der Waals surface area contributed by atoms with Crippen LogP contribution in [0.1, 0.15) is 0 Å². The predicted molar refractivity (Wildman–Crippen MR) is 196 cm³/mol. The highest BCUT2D eigenvalue weighted by molar-refractivity contribution is 6.15. The lowest BCUT2D eigenvalue weighted by Crippen LogP contribution is -2.01. The lowest BCUT2D eigenvalue weighted by molar-refractivity contribution is 1.52. The number of hydrogen-bond acceptors (Lipinski definition) is 0. The molecule has 0 radical (unpaired) electrons. The number of benzene rings is 6. The quantitative estimate of drug-likeness (QED) is 0.182. The minimum atomic E-state index is 1.18. The third kappa shape index (κ3) is 5.01. The first kappa shape index (κ1) is 27.6. The maximum Gasteiger partial charge on any atom is -0.00139 e. The smallest absolute Gasteiger partial charge is 0.00139 e. The Morgan fingerprint density at radius 2 is 0.304 bits per heavy atom. The zero-order valence-electron chi connectivity index (χ0n) is 25.5. The normalized spacial score (nSPS) is 11.0. The van der Waals surface area contributed by atoms with Crippen molar-refractivity contribution < 1.29 is 0 Å². The van der Waals surface area contributed by atoms with Crippen LogP contribution >= 0.6 is 0 Å². The largest absolute Gasteiger partial charge is 0.0622 e. The summed E-state index contributed by atoms with van der Waals surface area (Å²) in [5, 5.41) is 0. The summed E-state index contributed by atoms with van der Waals surface area (Å²) in [4.78, 5) is 0. The fraction of sp³-hybridized carbons (Fsp3) is 0. The minimum Gasteiger partial charge on any atom is -0.0622 e. The number of fused-ring (bicyclic) bond motifs is 1. The van der Waals surface area contributed by atoms with Crippen LogP contribution in [-0.2, 0) is 0 Å². The summed E-state index contributed by atoms with van der Waals surface area (Å²) in [7, 11) is 0. The molecule has 2 aliphatic rings. The van der Waals surface area contributed by atoms with Gasteiger partial charge in [0.25, 0.3) is 0 Å². The molecule has 46 heavy (non-hydrogen) atoms. The van der Waals surface area contributed by atoms with Gasteiger partial charge in [0.1, 0.15) is 0 Å². The van der Waals surface area contributed by atoms with Crippen LogP contribution in [0.4, 0.5) is 0 Å². The van der Waals surface area contributed by atoms with Crippen molar-refractivity contribution in [2.24, 2.45) is 0 Å². The zero-order chi connectivity index (χ0) is 30.7. The molecule has 2 aliphatic carbocycles. The van der Waals surface area contributed by atoms with Crippen LogP contribution in [0.3, 0.4) is 0 Å². The molecule has 8 rings (SSSR count). The predicted octanol–water partition coefficient (Wildman–Crippen LogP) is 12.8. The van der Waals surface area contributed by atoms with Crippen molar-refractivity contribution in [2.45, 2.75) is 0 Å². The maximum absolute atomic E-state index is 2.31. The lowest BCUT2D eigenvalue weighted by Gasteiger charge is -2.28. The van der Waals surface area contributed by atoms with Crippen LogP contribution in [0.2, 0.25) is 0 Å². The third-order valence-corrected chi connectivity index (χ3v) is 8.87. The molecule has 0 bridgehead atoms. The molecule has 216 valence electrons. The van der Waals surface area contributed by atoms with Gasteiger partial charge in [0.05, 0.1) is 0 Å². The molecule has 0 heterocycles. The van der Waals surface area contributed by atoms with E-state index in [0.717, 1.165) is 0 Å². The molecule has 0 nitrogen and oxygen atoms in total. The van der Waals surface area contributed by atoms with Gasteiger partial charge >= 0.3 is 0 Å². The highest BCUT2D eigenvalue weighted by Gasteiger charge is 2.28. The van der Waals surface area contributed by atoms with Gasteiger partial charge in [-0.2, -0.15) is 0 Å². The monoisotopic (exact) mass is 584 g/mol. The fourth-order valence-electron chi connectivity index (χ4n) is 6.84. The summed E-state index contributed by atoms with van der Waals surface area (Å²) < 4.78 is 0. The highest BCUT2D eigenvalue weighted by atomic mass is 14.3. The number of hydrogen-bond donors (Lipinski definition) is 0. The maximum atomic E-state index is 2.31. The van der Waals surface area contributed by atoms with Crippen molar-refractivity contribution in [1.82, 2.24) is 0 Å². The van der Waals surface area contributed by atoms with Crippen molar-refractivity contribution in [3.63, 3.8) is 0 Å². The van der Waals surface area contributed by atoms with Crippen LogP contribution in [0.15, 0.2) is 194 Å². The van der Waals surface area contributed by atoms with Crippen molar-refractivity contribution in [1.29, 1.82) is 0 Å². The van der Waals surface area contributed by atoms with Gasteiger partial charge in [0.2, 0.25) is 0 Å². The Morgan fingerprint density at radius 3 is 0.543 bits per heavy atom. The fourth-order valence-corrected chi connectivity index (χ4v) is 6.84. The van der Waals surface area contributed by atoms with Gasteiger partial charge in [0.15, 0.2) is 0 Å². The van der Waals surface area contributed by atoms with Crippen molar-refractivity contribution in [3.8, 4) is 77.9 Å². The first-order valence-corrected chi connectivity index (χ1v) is 15.9. The van der Waals surface area contributed by atoms with Gasteiger partial charge in [-0.1, -0.05) is 194 Å². The molecule has 0 aliphatic heterocycles. The summed E-state index contributed by atoms with van der Waals surface area (Å²) in [5.41, 5.74) is 17.0. The van der Waals surface area contributed by atoms with Crippen LogP contribution < -0.4 is 0 Å². The molecular formula is C46H32. The van der Waals surface area contributed by atoms with Crippen molar-refractivity contribution in [3.05, 3.63) is 194 Å². The Hall–Kier alpha value is -5.98. The first-order valence-electron chi connectivity index (χ1n) is 15.9. The van der Waals surface area contributed by atoms with E-state index in [-0.39, 0.29) is 0 Å². The molecule has 0 saturated heterocycles. The first-order chi connectivity index (χ1) is 22.9. The molecular weight excluding hydrogens is 553 g/mol. The zero-order valence-corrected chi connectivity index (χ0v) is 25.5. The van der Waals surface area contributed by atoms with E-state index in [1.165, 1.54) is 77.9 Å². The van der Waals surface area contributed by atoms with Gasteiger partial charge in [0, 0.05) is 0 Å². The van der Waals surface area contributed by atoms with E-state index < -0.39 is 0 Å². The van der Waals surface area contributed by atoms with Gasteiger partial charge in [-0.05, 0) is 77.9 Å². The van der Waals surface area contributed by atoms with Gasteiger partial charge in [-0.25, -0.2) is 0 Å². The molecule has 0 heteroatoms. The van der Waals surface area contributed by atoms with E-state index in [2.05, 4.69) is 194 Å². The van der Waals surface area contributed by atoms with E-state index in [0.29, 0.717) is 0 Å². The Kier molecular flexibility index (Phi) is 7.30. The number of rotatable bonds is 6. The van der Waals surface area contributed by atoms with Crippen LogP contribution in [0.25, 0.3) is 77.9 Å². The molecule has 0 saturated carbocycles. The topological polar surface area (TPSA) is 0 Å². The lowest BCUT2D eigenvalue weighted by atomic mass is 9.74. The average Bonchev–Trinajstić information content (AvgIpc) is 3.50. The molecule has 0 aromatic heterocycles. The SMILES string of the molecule is c1ccc(-c2c(-c3ccccc3)c(-c3ccccc3)c(-c3ccc4cccc-4cc3)c(-c3ccccc3)c2-c2ccccc2)cc1. The molecule has 0 amide bonds. The summed E-state index contributed by atoms with van der Waals surface area (Å²) in [6.07, 6.45) is 0. The average molecular weight is 585 g/mol. The second-order valence-electron chi connectivity index (χ2n) is 11.6. The molecule has 0 atom stereocenters. The Balaban J connectivity index is 1.68. The highest BCUT2D eigenvalue weighted by Crippen LogP contribution is 2.55. The Bertz CT molecular complexity index is 2060. The molecule has 0 spiro atoms. The molecule has 0 unspecified atom stereocenters. The molecule has 6 aromatic carbocycles. The van der Waals surface area contributed by atoms with E-state index in [9.17, 15) is 0 Å². The second-order valence-corrected chi connectivity index (χ2v) is 11.6. The van der Waals surface area contributed by atoms with Gasteiger partial charge in [-0.15, -0.1) is 0 Å². The van der Waals surface area contributed by atoms with Crippen LogP contribution in [0, 0.1) is 0 Å². The van der Waals surface area contributed by atoms with Crippen LogP contribution in [0.5, 0.6) is 0 Å².